The number of hydrogen-bond acceptors (Lipinski definition) is 4. The summed E-state index contributed by atoms with van der Waals surface area (Å²) in [7, 11) is 1.65. The molecule has 4 heteroatoms. The minimum atomic E-state index is -0.366. The quantitative estimate of drug-likeness (QED) is 0.710. The van der Waals surface area contributed by atoms with Crippen molar-refractivity contribution in [2.24, 2.45) is 0 Å². The molecule has 0 aliphatic heterocycles. The van der Waals surface area contributed by atoms with Crippen LogP contribution in [-0.2, 0) is 0 Å². The van der Waals surface area contributed by atoms with Crippen LogP contribution in [0, 0.1) is 0 Å². The van der Waals surface area contributed by atoms with Gasteiger partial charge in [0.1, 0.15) is 0 Å². The van der Waals surface area contributed by atoms with Crippen molar-refractivity contribution in [2.75, 3.05) is 12.4 Å². The lowest BCUT2D eigenvalue weighted by atomic mass is 10.2. The van der Waals surface area contributed by atoms with Gasteiger partial charge in [-0.2, -0.15) is 4.98 Å². The maximum Gasteiger partial charge on any atom is 0.348 e. The number of aromatic nitrogens is 1. The first-order valence-corrected chi connectivity index (χ1v) is 3.89. The molecule has 1 aromatic carbocycles. The number of benzene rings is 1. The van der Waals surface area contributed by atoms with Gasteiger partial charge < -0.3 is 9.73 Å². The van der Waals surface area contributed by atoms with Crippen LogP contribution in [0.1, 0.15) is 0 Å². The average molecular weight is 176 g/mol. The summed E-state index contributed by atoms with van der Waals surface area (Å²) < 4.78 is 4.86. The summed E-state index contributed by atoms with van der Waals surface area (Å²) >= 11 is 0. The van der Waals surface area contributed by atoms with Crippen LogP contribution >= 0.6 is 0 Å². The first-order chi connectivity index (χ1) is 6.31. The summed E-state index contributed by atoms with van der Waals surface area (Å²) in [6, 6.07) is 7.30. The molecular weight excluding hydrogens is 168 g/mol. The van der Waals surface area contributed by atoms with Crippen LogP contribution in [-0.4, -0.2) is 12.0 Å². The molecule has 0 atom stereocenters. The second-order valence-corrected chi connectivity index (χ2v) is 2.57. The molecule has 0 fully saturated rings. The van der Waals surface area contributed by atoms with E-state index >= 15 is 0 Å². The van der Waals surface area contributed by atoms with E-state index < -0.39 is 0 Å². The second-order valence-electron chi connectivity index (χ2n) is 2.57. The van der Waals surface area contributed by atoms with E-state index in [4.69, 9.17) is 4.42 Å². The Morgan fingerprint density at radius 2 is 2.15 bits per heavy atom. The fraction of sp³-hybridized carbons (Fsp3) is 0.111. The maximum atomic E-state index is 11.3. The minimum absolute atomic E-state index is 0.240. The van der Waals surface area contributed by atoms with Crippen molar-refractivity contribution < 1.29 is 4.42 Å². The first kappa shape index (κ1) is 7.79. The van der Waals surface area contributed by atoms with Crippen LogP contribution in [0.25, 0.3) is 10.9 Å². The molecule has 2 aromatic rings. The Labute approximate surface area is 74.2 Å². The topological polar surface area (TPSA) is 55.1 Å². The number of para-hydroxylation sites is 1. The van der Waals surface area contributed by atoms with E-state index in [1.165, 1.54) is 0 Å². The van der Waals surface area contributed by atoms with Gasteiger partial charge >= 0.3 is 5.63 Å². The standard InChI is InChI=1S/C9H8N2O2/c1-10-9-11-7-5-3-2-4-6(7)8(12)13-9/h2-5H,1H3,(H,10,11). The number of nitrogens with zero attached hydrogens (tertiary/aromatic N) is 1. The molecule has 0 spiro atoms. The molecule has 4 nitrogen and oxygen atoms in total. The van der Waals surface area contributed by atoms with Gasteiger partial charge in [0.05, 0.1) is 10.9 Å². The van der Waals surface area contributed by atoms with Gasteiger partial charge in [-0.1, -0.05) is 12.1 Å². The zero-order chi connectivity index (χ0) is 9.26. The molecule has 0 bridgehead atoms. The van der Waals surface area contributed by atoms with E-state index in [0.29, 0.717) is 10.9 Å². The van der Waals surface area contributed by atoms with Crippen molar-refractivity contribution in [1.29, 1.82) is 0 Å². The van der Waals surface area contributed by atoms with E-state index in [2.05, 4.69) is 10.3 Å². The minimum Gasteiger partial charge on any atom is -0.389 e. The van der Waals surface area contributed by atoms with E-state index in [-0.39, 0.29) is 11.6 Å². The highest BCUT2D eigenvalue weighted by molar-refractivity contribution is 5.77. The van der Waals surface area contributed by atoms with Crippen molar-refractivity contribution in [3.63, 3.8) is 0 Å². The molecule has 0 saturated carbocycles. The number of fused-ring (bicyclic) bond motifs is 1. The van der Waals surface area contributed by atoms with E-state index in [1.807, 2.05) is 6.07 Å². The highest BCUT2D eigenvalue weighted by Crippen LogP contribution is 2.08. The lowest BCUT2D eigenvalue weighted by Crippen LogP contribution is -2.04. The molecule has 1 heterocycles. The fourth-order valence-electron chi connectivity index (χ4n) is 1.13. The van der Waals surface area contributed by atoms with Gasteiger partial charge in [-0.3, -0.25) is 0 Å². The Morgan fingerprint density at radius 1 is 1.38 bits per heavy atom. The molecule has 13 heavy (non-hydrogen) atoms. The highest BCUT2D eigenvalue weighted by atomic mass is 16.4. The summed E-state index contributed by atoms with van der Waals surface area (Å²) in [5.74, 6) is 0. The molecular formula is C9H8N2O2. The maximum absolute atomic E-state index is 11.3. The van der Waals surface area contributed by atoms with E-state index in [1.54, 1.807) is 25.2 Å². The fourth-order valence-corrected chi connectivity index (χ4v) is 1.13. The Morgan fingerprint density at radius 3 is 2.92 bits per heavy atom. The Bertz CT molecular complexity index is 490. The van der Waals surface area contributed by atoms with Crippen LogP contribution < -0.4 is 10.9 Å². The van der Waals surface area contributed by atoms with Crippen molar-refractivity contribution in [3.8, 4) is 0 Å². The average Bonchev–Trinajstić information content (AvgIpc) is 2.18. The van der Waals surface area contributed by atoms with E-state index in [9.17, 15) is 4.79 Å². The molecule has 2 rings (SSSR count). The van der Waals surface area contributed by atoms with Crippen LogP contribution in [0.2, 0.25) is 0 Å². The van der Waals surface area contributed by atoms with Crippen molar-refractivity contribution in [2.45, 2.75) is 0 Å². The Kier molecular flexibility index (Phi) is 1.73. The van der Waals surface area contributed by atoms with Crippen LogP contribution in [0.5, 0.6) is 0 Å². The first-order valence-electron chi connectivity index (χ1n) is 3.89. The number of anilines is 1. The SMILES string of the molecule is CNc1nc2ccccc2c(=O)o1. The predicted molar refractivity (Wildman–Crippen MR) is 49.8 cm³/mol. The molecule has 66 valence electrons. The van der Waals surface area contributed by atoms with Crippen LogP contribution in [0.4, 0.5) is 6.01 Å². The number of nitrogens with one attached hydrogen (secondary N) is 1. The Hall–Kier alpha value is -1.84. The van der Waals surface area contributed by atoms with Crippen LogP contribution in [0.3, 0.4) is 0 Å². The molecule has 0 aliphatic rings. The van der Waals surface area contributed by atoms with Gasteiger partial charge in [-0.25, -0.2) is 4.79 Å². The zero-order valence-corrected chi connectivity index (χ0v) is 7.07. The summed E-state index contributed by atoms with van der Waals surface area (Å²) in [4.78, 5) is 15.4. The number of hydrogen-bond donors (Lipinski definition) is 1. The lowest BCUT2D eigenvalue weighted by molar-refractivity contribution is 0.520. The van der Waals surface area contributed by atoms with Gasteiger partial charge in [0, 0.05) is 7.05 Å². The van der Waals surface area contributed by atoms with Gasteiger partial charge in [-0.05, 0) is 12.1 Å². The van der Waals surface area contributed by atoms with Crippen molar-refractivity contribution in [1.82, 2.24) is 4.98 Å². The van der Waals surface area contributed by atoms with Crippen LogP contribution in [0.15, 0.2) is 33.5 Å². The van der Waals surface area contributed by atoms with E-state index in [0.717, 1.165) is 0 Å². The normalized spacial score (nSPS) is 10.2. The predicted octanol–water partition coefficient (Wildman–Crippen LogP) is 1.23. The summed E-state index contributed by atoms with van der Waals surface area (Å²) in [6.45, 7) is 0. The van der Waals surface area contributed by atoms with Gasteiger partial charge in [-0.15, -0.1) is 0 Å². The van der Waals surface area contributed by atoms with Gasteiger partial charge in [0.2, 0.25) is 0 Å². The molecule has 0 aliphatic carbocycles. The van der Waals surface area contributed by atoms with Gasteiger partial charge in [0.25, 0.3) is 6.01 Å². The lowest BCUT2D eigenvalue weighted by Gasteiger charge is -1.98. The summed E-state index contributed by atoms with van der Waals surface area (Å²) in [6.07, 6.45) is 0. The second kappa shape index (κ2) is 2.90. The largest absolute Gasteiger partial charge is 0.389 e. The molecule has 0 saturated heterocycles. The zero-order valence-electron chi connectivity index (χ0n) is 7.07. The number of rotatable bonds is 1. The molecule has 0 radical (unpaired) electrons. The molecule has 1 N–H and O–H groups in total. The smallest absolute Gasteiger partial charge is 0.348 e. The third-order valence-corrected chi connectivity index (χ3v) is 1.75. The summed E-state index contributed by atoms with van der Waals surface area (Å²) in [5, 5.41) is 3.18. The highest BCUT2D eigenvalue weighted by Gasteiger charge is 2.02. The van der Waals surface area contributed by atoms with Gasteiger partial charge in [0.15, 0.2) is 0 Å². The third kappa shape index (κ3) is 1.26. The molecule has 0 unspecified atom stereocenters. The Balaban J connectivity index is 2.85. The molecule has 0 amide bonds. The third-order valence-electron chi connectivity index (χ3n) is 1.75. The molecule has 1 aromatic heterocycles. The van der Waals surface area contributed by atoms with Crippen molar-refractivity contribution >= 4 is 16.9 Å². The van der Waals surface area contributed by atoms with Crippen molar-refractivity contribution in [3.05, 3.63) is 34.7 Å². The summed E-state index contributed by atoms with van der Waals surface area (Å²) in [5.41, 5.74) is 0.276. The monoisotopic (exact) mass is 176 g/mol.